The van der Waals surface area contributed by atoms with Gasteiger partial charge in [-0.15, -0.1) is 11.3 Å². The quantitative estimate of drug-likeness (QED) is 0.430. The molecule has 182 valence electrons. The number of amides is 4. The molecule has 0 radical (unpaired) electrons. The summed E-state index contributed by atoms with van der Waals surface area (Å²) in [7, 11) is 0. The molecule has 0 bridgehead atoms. The Balaban J connectivity index is 1.51. The topological polar surface area (TPSA) is 78.5 Å². The molecule has 0 saturated carbocycles. The van der Waals surface area contributed by atoms with Crippen LogP contribution in [0.3, 0.4) is 0 Å². The van der Waals surface area contributed by atoms with Crippen LogP contribution in [0.4, 0.5) is 9.18 Å². The number of carbonyl (C=O) groups excluding carboxylic acids is 3. The smallest absolute Gasteiger partial charge is 0.325 e. The molecular formula is C27H28FN3O3S. The zero-order valence-corrected chi connectivity index (χ0v) is 20.7. The van der Waals surface area contributed by atoms with Crippen molar-refractivity contribution in [1.82, 2.24) is 15.5 Å². The highest BCUT2D eigenvalue weighted by atomic mass is 32.1. The monoisotopic (exact) mass is 493 g/mol. The lowest BCUT2D eigenvalue weighted by Crippen LogP contribution is -2.44. The molecule has 2 N–H and O–H groups in total. The summed E-state index contributed by atoms with van der Waals surface area (Å²) < 4.78 is 13.3. The number of imide groups is 1. The van der Waals surface area contributed by atoms with Gasteiger partial charge in [-0.3, -0.25) is 14.5 Å². The van der Waals surface area contributed by atoms with Gasteiger partial charge in [-0.25, -0.2) is 9.18 Å². The maximum atomic E-state index is 13.3. The molecule has 1 aliphatic rings. The van der Waals surface area contributed by atoms with E-state index in [9.17, 15) is 18.8 Å². The molecule has 1 aromatic heterocycles. The van der Waals surface area contributed by atoms with Gasteiger partial charge in [-0.2, -0.15) is 0 Å². The van der Waals surface area contributed by atoms with Crippen molar-refractivity contribution in [3.63, 3.8) is 0 Å². The fraction of sp³-hybridized carbons (Fsp3) is 0.296. The van der Waals surface area contributed by atoms with Crippen LogP contribution >= 0.6 is 11.3 Å². The zero-order chi connectivity index (χ0) is 25.2. The molecule has 1 aliphatic heterocycles. The van der Waals surface area contributed by atoms with Crippen LogP contribution < -0.4 is 10.6 Å². The SMILES string of the molecule is CCC(C)c1ccc(C(NC(=O)CN2C(=O)NC(C)(c3ccc(F)cc3)C2=O)c2cccs2)cc1. The molecule has 8 heteroatoms. The Morgan fingerprint density at radius 1 is 1.09 bits per heavy atom. The minimum absolute atomic E-state index is 0.405. The van der Waals surface area contributed by atoms with Gasteiger partial charge in [0.15, 0.2) is 0 Å². The number of carbonyl (C=O) groups is 3. The molecule has 6 nitrogen and oxygen atoms in total. The van der Waals surface area contributed by atoms with E-state index in [1.54, 1.807) is 6.92 Å². The first kappa shape index (κ1) is 24.6. The normalized spacial score (nSPS) is 19.4. The van der Waals surface area contributed by atoms with Crippen LogP contribution in [0.5, 0.6) is 0 Å². The highest BCUT2D eigenvalue weighted by Gasteiger charge is 2.49. The molecule has 3 aromatic rings. The second-order valence-corrected chi connectivity index (χ2v) is 9.92. The van der Waals surface area contributed by atoms with E-state index in [2.05, 4.69) is 36.6 Å². The highest BCUT2D eigenvalue weighted by Crippen LogP contribution is 2.30. The van der Waals surface area contributed by atoms with Crippen molar-refractivity contribution in [1.29, 1.82) is 0 Å². The zero-order valence-electron chi connectivity index (χ0n) is 19.9. The van der Waals surface area contributed by atoms with E-state index in [0.717, 1.165) is 21.8 Å². The minimum Gasteiger partial charge on any atom is -0.343 e. The molecular weight excluding hydrogens is 465 g/mol. The van der Waals surface area contributed by atoms with Gasteiger partial charge in [0.1, 0.15) is 17.9 Å². The molecule has 35 heavy (non-hydrogen) atoms. The molecule has 4 rings (SSSR count). The number of hydrogen-bond donors (Lipinski definition) is 2. The lowest BCUT2D eigenvalue weighted by molar-refractivity contribution is -0.135. The van der Waals surface area contributed by atoms with Crippen LogP contribution in [0.1, 0.15) is 60.7 Å². The van der Waals surface area contributed by atoms with Gasteiger partial charge in [0, 0.05) is 4.88 Å². The van der Waals surface area contributed by atoms with Gasteiger partial charge >= 0.3 is 6.03 Å². The van der Waals surface area contributed by atoms with Crippen molar-refractivity contribution >= 4 is 29.2 Å². The number of hydrogen-bond acceptors (Lipinski definition) is 4. The average molecular weight is 494 g/mol. The van der Waals surface area contributed by atoms with Crippen LogP contribution in [0, 0.1) is 5.82 Å². The first-order valence-electron chi connectivity index (χ1n) is 11.6. The summed E-state index contributed by atoms with van der Waals surface area (Å²) in [5, 5.41) is 7.57. The highest BCUT2D eigenvalue weighted by molar-refractivity contribution is 7.10. The summed E-state index contributed by atoms with van der Waals surface area (Å²) in [6.07, 6.45) is 1.03. The van der Waals surface area contributed by atoms with Crippen molar-refractivity contribution in [2.45, 2.75) is 44.7 Å². The third kappa shape index (κ3) is 4.98. The van der Waals surface area contributed by atoms with E-state index in [1.807, 2.05) is 29.6 Å². The molecule has 3 unspecified atom stereocenters. The predicted octanol–water partition coefficient (Wildman–Crippen LogP) is 5.07. The summed E-state index contributed by atoms with van der Waals surface area (Å²) >= 11 is 1.52. The molecule has 2 heterocycles. The molecule has 1 fully saturated rings. The second-order valence-electron chi connectivity index (χ2n) is 8.95. The van der Waals surface area contributed by atoms with Gasteiger partial charge in [-0.1, -0.05) is 56.3 Å². The summed E-state index contributed by atoms with van der Waals surface area (Å²) in [6.45, 7) is 5.44. The molecule has 4 amide bonds. The Morgan fingerprint density at radius 3 is 2.34 bits per heavy atom. The molecule has 3 atom stereocenters. The minimum atomic E-state index is -1.37. The Hall–Kier alpha value is -3.52. The van der Waals surface area contributed by atoms with E-state index in [-0.39, 0.29) is 0 Å². The Labute approximate surface area is 208 Å². The number of halogens is 1. The van der Waals surface area contributed by atoms with Crippen molar-refractivity contribution < 1.29 is 18.8 Å². The number of nitrogens with zero attached hydrogens (tertiary/aromatic N) is 1. The molecule has 1 saturated heterocycles. The summed E-state index contributed by atoms with van der Waals surface area (Å²) in [5.74, 6) is -1.02. The maximum absolute atomic E-state index is 13.3. The predicted molar refractivity (Wildman–Crippen MR) is 133 cm³/mol. The Bertz CT molecular complexity index is 1210. The summed E-state index contributed by atoms with van der Waals surface area (Å²) in [4.78, 5) is 40.7. The van der Waals surface area contributed by atoms with Crippen LogP contribution in [0.15, 0.2) is 66.0 Å². The second kappa shape index (κ2) is 10.00. The summed E-state index contributed by atoms with van der Waals surface area (Å²) in [5.41, 5.74) is 1.22. The summed E-state index contributed by atoms with van der Waals surface area (Å²) in [6, 6.07) is 16.3. The molecule has 2 aromatic carbocycles. The lowest BCUT2D eigenvalue weighted by Gasteiger charge is -2.23. The average Bonchev–Trinajstić information content (AvgIpc) is 3.46. The van der Waals surface area contributed by atoms with E-state index in [1.165, 1.54) is 41.2 Å². The third-order valence-electron chi connectivity index (χ3n) is 6.58. The van der Waals surface area contributed by atoms with Gasteiger partial charge in [0.25, 0.3) is 5.91 Å². The van der Waals surface area contributed by atoms with E-state index in [0.29, 0.717) is 11.5 Å². The Kier molecular flexibility index (Phi) is 7.03. The molecule has 0 spiro atoms. The van der Waals surface area contributed by atoms with E-state index < -0.39 is 41.8 Å². The number of rotatable bonds is 8. The fourth-order valence-electron chi connectivity index (χ4n) is 4.20. The van der Waals surface area contributed by atoms with Crippen LogP contribution in [0.2, 0.25) is 0 Å². The lowest BCUT2D eigenvalue weighted by atomic mass is 9.92. The largest absolute Gasteiger partial charge is 0.343 e. The van der Waals surface area contributed by atoms with Crippen molar-refractivity contribution in [2.75, 3.05) is 6.54 Å². The fourth-order valence-corrected chi connectivity index (χ4v) is 5.00. The third-order valence-corrected chi connectivity index (χ3v) is 7.52. The van der Waals surface area contributed by atoms with Gasteiger partial charge < -0.3 is 10.6 Å². The number of thiophene rings is 1. The van der Waals surface area contributed by atoms with Gasteiger partial charge in [0.05, 0.1) is 6.04 Å². The number of urea groups is 1. The van der Waals surface area contributed by atoms with E-state index in [4.69, 9.17) is 0 Å². The van der Waals surface area contributed by atoms with Crippen LogP contribution in [-0.2, 0) is 15.1 Å². The number of benzene rings is 2. The van der Waals surface area contributed by atoms with Crippen LogP contribution in [0.25, 0.3) is 0 Å². The van der Waals surface area contributed by atoms with Crippen molar-refractivity contribution in [3.8, 4) is 0 Å². The molecule has 0 aliphatic carbocycles. The first-order valence-corrected chi connectivity index (χ1v) is 12.4. The van der Waals surface area contributed by atoms with Crippen LogP contribution in [-0.4, -0.2) is 29.3 Å². The Morgan fingerprint density at radius 2 is 1.74 bits per heavy atom. The maximum Gasteiger partial charge on any atom is 0.325 e. The van der Waals surface area contributed by atoms with Gasteiger partial charge in [0.2, 0.25) is 5.91 Å². The first-order chi connectivity index (χ1) is 16.7. The van der Waals surface area contributed by atoms with E-state index >= 15 is 0 Å². The van der Waals surface area contributed by atoms with Crippen molar-refractivity contribution in [2.24, 2.45) is 0 Å². The van der Waals surface area contributed by atoms with Crippen molar-refractivity contribution in [3.05, 3.63) is 93.4 Å². The van der Waals surface area contributed by atoms with Gasteiger partial charge in [-0.05, 0) is 59.5 Å². The number of nitrogens with one attached hydrogen (secondary N) is 2. The standard InChI is InChI=1S/C27H28FN3O3S/c1-4-17(2)18-7-9-19(10-8-18)24(22-6-5-15-35-22)29-23(32)16-31-25(33)27(3,30-26(31)34)20-11-13-21(28)14-12-20/h5-15,17,24H,4,16H2,1-3H3,(H,29,32)(H,30,34).